The molecule has 0 fully saturated rings. The maximum atomic E-state index is 13.6. The van der Waals surface area contributed by atoms with E-state index in [4.69, 9.17) is 30.2 Å². The third-order valence-corrected chi connectivity index (χ3v) is 6.14. The molecule has 0 aliphatic heterocycles. The standard InChI is InChI=1S/C29H24ClN3O6/c1-4-37-29(35)17(2)38-26-18(8-7-11-24(26)36-3)16-31-33-27(32-22-10-6-5-9-21(22)28(33)34)25-15-19-14-20(30)12-13-23(19)39-25/h5-17H,4H2,1-3H3/t17-/m1/s1. The van der Waals surface area contributed by atoms with E-state index >= 15 is 0 Å². The molecule has 0 amide bonds. The molecule has 0 aliphatic rings. The second kappa shape index (κ2) is 11.0. The van der Waals surface area contributed by atoms with Crippen LogP contribution in [0.25, 0.3) is 33.5 Å². The van der Waals surface area contributed by atoms with Gasteiger partial charge in [0.1, 0.15) is 5.58 Å². The molecular weight excluding hydrogens is 522 g/mol. The van der Waals surface area contributed by atoms with Gasteiger partial charge in [-0.1, -0.05) is 29.8 Å². The van der Waals surface area contributed by atoms with Gasteiger partial charge in [-0.05, 0) is 62.4 Å². The summed E-state index contributed by atoms with van der Waals surface area (Å²) in [5, 5.41) is 6.19. The van der Waals surface area contributed by atoms with Crippen LogP contribution in [0, 0.1) is 0 Å². The monoisotopic (exact) mass is 545 g/mol. The predicted molar refractivity (Wildman–Crippen MR) is 149 cm³/mol. The molecule has 5 rings (SSSR count). The van der Waals surface area contributed by atoms with Gasteiger partial charge < -0.3 is 18.6 Å². The summed E-state index contributed by atoms with van der Waals surface area (Å²) < 4.78 is 23.6. The fourth-order valence-corrected chi connectivity index (χ4v) is 4.22. The topological polar surface area (TPSA) is 105 Å². The summed E-state index contributed by atoms with van der Waals surface area (Å²) in [5.74, 6) is 0.672. The van der Waals surface area contributed by atoms with Crippen molar-refractivity contribution >= 4 is 45.7 Å². The number of benzene rings is 3. The number of aromatic nitrogens is 2. The van der Waals surface area contributed by atoms with Crippen LogP contribution in [0.15, 0.2) is 81.0 Å². The summed E-state index contributed by atoms with van der Waals surface area (Å²) in [6, 6.07) is 19.1. The van der Waals surface area contributed by atoms with Crippen molar-refractivity contribution in [3.8, 4) is 23.1 Å². The number of ether oxygens (including phenoxy) is 3. The quantitative estimate of drug-likeness (QED) is 0.182. The molecule has 0 N–H and O–H groups in total. The molecule has 0 spiro atoms. The van der Waals surface area contributed by atoms with E-state index in [1.54, 1.807) is 80.6 Å². The number of carbonyl (C=O) groups is 1. The first kappa shape index (κ1) is 26.0. The first-order valence-corrected chi connectivity index (χ1v) is 12.5. The van der Waals surface area contributed by atoms with Crippen molar-refractivity contribution < 1.29 is 23.4 Å². The Labute approximate surface area is 228 Å². The van der Waals surface area contributed by atoms with E-state index in [1.807, 2.05) is 0 Å². The van der Waals surface area contributed by atoms with E-state index in [0.29, 0.717) is 38.6 Å². The average molecular weight is 546 g/mol. The lowest BCUT2D eigenvalue weighted by molar-refractivity contribution is -0.150. The highest BCUT2D eigenvalue weighted by Crippen LogP contribution is 2.32. The zero-order valence-corrected chi connectivity index (χ0v) is 22.1. The van der Waals surface area contributed by atoms with E-state index in [2.05, 4.69) is 10.1 Å². The third-order valence-electron chi connectivity index (χ3n) is 5.91. The van der Waals surface area contributed by atoms with E-state index in [0.717, 1.165) is 5.39 Å². The molecule has 0 radical (unpaired) electrons. The zero-order chi connectivity index (χ0) is 27.5. The van der Waals surface area contributed by atoms with Gasteiger partial charge in [-0.3, -0.25) is 4.79 Å². The van der Waals surface area contributed by atoms with Crippen LogP contribution in [0.5, 0.6) is 11.5 Å². The molecule has 5 aromatic rings. The fraction of sp³-hybridized carbons (Fsp3) is 0.172. The van der Waals surface area contributed by atoms with E-state index in [9.17, 15) is 9.59 Å². The number of rotatable bonds is 8. The van der Waals surface area contributed by atoms with Gasteiger partial charge in [0.25, 0.3) is 5.56 Å². The minimum atomic E-state index is -0.906. The molecule has 39 heavy (non-hydrogen) atoms. The lowest BCUT2D eigenvalue weighted by atomic mass is 10.2. The van der Waals surface area contributed by atoms with Crippen molar-refractivity contribution in [2.24, 2.45) is 5.10 Å². The minimum Gasteiger partial charge on any atom is -0.493 e. The number of furan rings is 1. The molecule has 0 aliphatic carbocycles. The maximum Gasteiger partial charge on any atom is 0.347 e. The van der Waals surface area contributed by atoms with Gasteiger partial charge in [0.2, 0.25) is 5.82 Å². The van der Waals surface area contributed by atoms with Crippen LogP contribution in [-0.2, 0) is 9.53 Å². The molecule has 2 aromatic heterocycles. The first-order chi connectivity index (χ1) is 18.9. The van der Waals surface area contributed by atoms with Gasteiger partial charge in [0.15, 0.2) is 23.4 Å². The molecule has 198 valence electrons. The maximum absolute atomic E-state index is 13.6. The summed E-state index contributed by atoms with van der Waals surface area (Å²) in [6.45, 7) is 3.52. The SMILES string of the molecule is CCOC(=O)[C@@H](C)Oc1c(C=Nn2c(-c3cc4cc(Cl)ccc4o3)nc3ccccc3c2=O)cccc1OC. The third kappa shape index (κ3) is 5.21. The van der Waals surface area contributed by atoms with Crippen LogP contribution in [-0.4, -0.2) is 41.7 Å². The number of hydrogen-bond acceptors (Lipinski definition) is 8. The number of methoxy groups -OCH3 is 1. The molecule has 0 saturated heterocycles. The number of esters is 1. The smallest absolute Gasteiger partial charge is 0.347 e. The van der Waals surface area contributed by atoms with Gasteiger partial charge in [-0.2, -0.15) is 9.78 Å². The lowest BCUT2D eigenvalue weighted by Crippen LogP contribution is -2.26. The van der Waals surface area contributed by atoms with Gasteiger partial charge in [-0.15, -0.1) is 0 Å². The first-order valence-electron chi connectivity index (χ1n) is 12.2. The Hall–Kier alpha value is -4.63. The highest BCUT2D eigenvalue weighted by Gasteiger charge is 2.21. The fourth-order valence-electron chi connectivity index (χ4n) is 4.04. The van der Waals surface area contributed by atoms with E-state index < -0.39 is 17.6 Å². The lowest BCUT2D eigenvalue weighted by Gasteiger charge is -2.17. The van der Waals surface area contributed by atoms with Crippen molar-refractivity contribution in [3.05, 3.63) is 87.7 Å². The van der Waals surface area contributed by atoms with Crippen LogP contribution in [0.3, 0.4) is 0 Å². The summed E-state index contributed by atoms with van der Waals surface area (Å²) in [5.41, 5.74) is 1.16. The van der Waals surface area contributed by atoms with Crippen molar-refractivity contribution in [1.29, 1.82) is 0 Å². The van der Waals surface area contributed by atoms with Gasteiger partial charge in [-0.25, -0.2) is 9.78 Å². The Balaban J connectivity index is 1.64. The molecular formula is C29H24ClN3O6. The summed E-state index contributed by atoms with van der Waals surface area (Å²) >= 11 is 6.15. The Morgan fingerprint density at radius 1 is 1.15 bits per heavy atom. The molecule has 10 heteroatoms. The van der Waals surface area contributed by atoms with Crippen LogP contribution < -0.4 is 15.0 Å². The predicted octanol–water partition coefficient (Wildman–Crippen LogP) is 5.68. The number of fused-ring (bicyclic) bond motifs is 2. The molecule has 2 heterocycles. The molecule has 0 saturated carbocycles. The molecule has 0 unspecified atom stereocenters. The highest BCUT2D eigenvalue weighted by atomic mass is 35.5. The largest absolute Gasteiger partial charge is 0.493 e. The van der Waals surface area contributed by atoms with Crippen LogP contribution in [0.4, 0.5) is 0 Å². The number of para-hydroxylation sites is 2. The summed E-state index contributed by atoms with van der Waals surface area (Å²) in [6.07, 6.45) is 0.535. The minimum absolute atomic E-state index is 0.201. The Bertz CT molecular complexity index is 1770. The molecule has 1 atom stereocenters. The second-order valence-electron chi connectivity index (χ2n) is 8.50. The Kier molecular flexibility index (Phi) is 7.33. The van der Waals surface area contributed by atoms with Crippen molar-refractivity contribution in [2.75, 3.05) is 13.7 Å². The van der Waals surface area contributed by atoms with Crippen LogP contribution >= 0.6 is 11.6 Å². The van der Waals surface area contributed by atoms with Crippen molar-refractivity contribution in [1.82, 2.24) is 9.66 Å². The van der Waals surface area contributed by atoms with Gasteiger partial charge in [0, 0.05) is 16.0 Å². The Morgan fingerprint density at radius 3 is 2.77 bits per heavy atom. The van der Waals surface area contributed by atoms with E-state index in [-0.39, 0.29) is 18.2 Å². The molecule has 3 aromatic carbocycles. The number of nitrogens with zero attached hydrogens (tertiary/aromatic N) is 3. The van der Waals surface area contributed by atoms with Crippen LogP contribution in [0.1, 0.15) is 19.4 Å². The average Bonchev–Trinajstić information content (AvgIpc) is 3.36. The summed E-state index contributed by atoms with van der Waals surface area (Å²) in [4.78, 5) is 30.5. The highest BCUT2D eigenvalue weighted by molar-refractivity contribution is 6.31. The Morgan fingerprint density at radius 2 is 1.97 bits per heavy atom. The molecule has 9 nitrogen and oxygen atoms in total. The van der Waals surface area contributed by atoms with Crippen molar-refractivity contribution in [3.63, 3.8) is 0 Å². The number of carbonyl (C=O) groups excluding carboxylic acids is 1. The number of hydrogen-bond donors (Lipinski definition) is 0. The van der Waals surface area contributed by atoms with Crippen LogP contribution in [0.2, 0.25) is 5.02 Å². The molecule has 0 bridgehead atoms. The second-order valence-corrected chi connectivity index (χ2v) is 8.93. The van der Waals surface area contributed by atoms with Gasteiger partial charge in [0.05, 0.1) is 30.8 Å². The normalized spacial score (nSPS) is 12.2. The number of halogens is 1. The van der Waals surface area contributed by atoms with Gasteiger partial charge >= 0.3 is 5.97 Å². The zero-order valence-electron chi connectivity index (χ0n) is 21.4. The van der Waals surface area contributed by atoms with Crippen molar-refractivity contribution in [2.45, 2.75) is 20.0 Å². The van der Waals surface area contributed by atoms with E-state index in [1.165, 1.54) is 18.0 Å². The summed E-state index contributed by atoms with van der Waals surface area (Å²) in [7, 11) is 1.49.